The maximum Gasteiger partial charge on any atom is 0.323 e. The van der Waals surface area contributed by atoms with Crippen molar-refractivity contribution in [1.82, 2.24) is 9.78 Å². The number of carbonyl (C=O) groups excluding carboxylic acids is 1. The summed E-state index contributed by atoms with van der Waals surface area (Å²) in [5.41, 5.74) is 2.11. The van der Waals surface area contributed by atoms with Crippen molar-refractivity contribution in [2.75, 3.05) is 10.6 Å². The van der Waals surface area contributed by atoms with Crippen LogP contribution in [0.2, 0.25) is 5.02 Å². The van der Waals surface area contributed by atoms with Crippen LogP contribution in [-0.4, -0.2) is 15.8 Å². The minimum Gasteiger partial charge on any atom is -0.308 e. The number of amides is 2. The first-order valence-electron chi connectivity index (χ1n) is 7.19. The van der Waals surface area contributed by atoms with Crippen LogP contribution >= 0.6 is 11.6 Å². The van der Waals surface area contributed by atoms with E-state index in [1.165, 1.54) is 12.1 Å². The fraction of sp³-hybridized carbons (Fsp3) is 0.0588. The molecule has 0 fully saturated rings. The lowest BCUT2D eigenvalue weighted by Crippen LogP contribution is -2.19. The molecule has 0 radical (unpaired) electrons. The molecule has 2 amide bonds. The molecule has 0 spiro atoms. The zero-order valence-electron chi connectivity index (χ0n) is 12.5. The SMILES string of the molecule is O=C(Nc1ccc(Cl)cc1)Nc1cnn(Cc2ccc(F)cc2)c1. The van der Waals surface area contributed by atoms with E-state index in [2.05, 4.69) is 15.7 Å². The smallest absolute Gasteiger partial charge is 0.308 e. The maximum absolute atomic E-state index is 12.9. The van der Waals surface area contributed by atoms with Gasteiger partial charge in [0, 0.05) is 16.9 Å². The standard InChI is InChI=1S/C17H14ClFN4O/c18-13-3-7-15(8-4-13)21-17(24)22-16-9-20-23(11-16)10-12-1-5-14(19)6-2-12/h1-9,11H,10H2,(H2,21,22,24). The molecule has 2 aromatic carbocycles. The highest BCUT2D eigenvalue weighted by Crippen LogP contribution is 2.14. The van der Waals surface area contributed by atoms with Gasteiger partial charge >= 0.3 is 6.03 Å². The lowest BCUT2D eigenvalue weighted by molar-refractivity contribution is 0.262. The van der Waals surface area contributed by atoms with Gasteiger partial charge in [-0.15, -0.1) is 0 Å². The summed E-state index contributed by atoms with van der Waals surface area (Å²) in [6, 6.07) is 12.6. The van der Waals surface area contributed by atoms with E-state index in [1.807, 2.05) is 0 Å². The summed E-state index contributed by atoms with van der Waals surface area (Å²) in [5.74, 6) is -0.277. The molecule has 0 aliphatic carbocycles. The Kier molecular flexibility index (Phi) is 4.77. The van der Waals surface area contributed by atoms with Crippen LogP contribution in [0.15, 0.2) is 60.9 Å². The van der Waals surface area contributed by atoms with E-state index in [4.69, 9.17) is 11.6 Å². The second-order valence-electron chi connectivity index (χ2n) is 5.14. The quantitative estimate of drug-likeness (QED) is 0.738. The van der Waals surface area contributed by atoms with Crippen LogP contribution in [-0.2, 0) is 6.54 Å². The minimum absolute atomic E-state index is 0.277. The Morgan fingerprint density at radius 3 is 2.42 bits per heavy atom. The number of nitrogens with one attached hydrogen (secondary N) is 2. The number of rotatable bonds is 4. The normalized spacial score (nSPS) is 10.4. The number of hydrogen-bond acceptors (Lipinski definition) is 2. The molecule has 7 heteroatoms. The van der Waals surface area contributed by atoms with E-state index >= 15 is 0 Å². The third kappa shape index (κ3) is 4.33. The first kappa shape index (κ1) is 16.0. The largest absolute Gasteiger partial charge is 0.323 e. The number of carbonyl (C=O) groups is 1. The summed E-state index contributed by atoms with van der Waals surface area (Å²) >= 11 is 5.80. The Balaban J connectivity index is 1.58. The monoisotopic (exact) mass is 344 g/mol. The molecule has 3 aromatic rings. The molecule has 1 heterocycles. The number of hydrogen-bond donors (Lipinski definition) is 2. The molecule has 0 saturated heterocycles. The molecule has 0 saturated carbocycles. The Labute approximate surface area is 143 Å². The number of halogens is 2. The van der Waals surface area contributed by atoms with Gasteiger partial charge in [-0.2, -0.15) is 5.10 Å². The lowest BCUT2D eigenvalue weighted by atomic mass is 10.2. The van der Waals surface area contributed by atoms with Crippen LogP contribution < -0.4 is 10.6 Å². The topological polar surface area (TPSA) is 59.0 Å². The van der Waals surface area contributed by atoms with Crippen LogP contribution in [0, 0.1) is 5.82 Å². The van der Waals surface area contributed by atoms with Gasteiger partial charge < -0.3 is 10.6 Å². The van der Waals surface area contributed by atoms with Gasteiger partial charge in [-0.05, 0) is 42.0 Å². The number of aromatic nitrogens is 2. The van der Waals surface area contributed by atoms with Crippen molar-refractivity contribution in [3.63, 3.8) is 0 Å². The Morgan fingerprint density at radius 2 is 1.71 bits per heavy atom. The lowest BCUT2D eigenvalue weighted by Gasteiger charge is -2.05. The van der Waals surface area contributed by atoms with E-state index in [-0.39, 0.29) is 11.8 Å². The van der Waals surface area contributed by atoms with E-state index < -0.39 is 0 Å². The number of anilines is 2. The molecule has 0 aliphatic rings. The van der Waals surface area contributed by atoms with Gasteiger partial charge in [-0.1, -0.05) is 23.7 Å². The predicted octanol–water partition coefficient (Wildman–Crippen LogP) is 4.37. The van der Waals surface area contributed by atoms with Gasteiger partial charge in [0.05, 0.1) is 18.4 Å². The second-order valence-corrected chi connectivity index (χ2v) is 5.58. The summed E-state index contributed by atoms with van der Waals surface area (Å²) < 4.78 is 14.5. The van der Waals surface area contributed by atoms with Gasteiger partial charge in [0.15, 0.2) is 0 Å². The minimum atomic E-state index is -0.376. The first-order valence-corrected chi connectivity index (χ1v) is 7.57. The molecule has 2 N–H and O–H groups in total. The maximum atomic E-state index is 12.9. The van der Waals surface area contributed by atoms with Gasteiger partial charge in [0.25, 0.3) is 0 Å². The summed E-state index contributed by atoms with van der Waals surface area (Å²) in [6.07, 6.45) is 3.25. The second kappa shape index (κ2) is 7.14. The van der Waals surface area contributed by atoms with E-state index in [0.717, 1.165) is 5.56 Å². The highest BCUT2D eigenvalue weighted by Gasteiger charge is 2.05. The van der Waals surface area contributed by atoms with Crippen LogP contribution in [0.1, 0.15) is 5.56 Å². The average molecular weight is 345 g/mol. The van der Waals surface area contributed by atoms with Gasteiger partial charge in [-0.3, -0.25) is 4.68 Å². The summed E-state index contributed by atoms with van der Waals surface area (Å²) in [6.45, 7) is 0.487. The van der Waals surface area contributed by atoms with Crippen LogP contribution in [0.25, 0.3) is 0 Å². The first-order chi connectivity index (χ1) is 11.6. The number of urea groups is 1. The van der Waals surface area contributed by atoms with Crippen molar-refractivity contribution < 1.29 is 9.18 Å². The van der Waals surface area contributed by atoms with E-state index in [0.29, 0.717) is 22.9 Å². The third-order valence-corrected chi connectivity index (χ3v) is 3.50. The molecule has 0 atom stereocenters. The zero-order valence-corrected chi connectivity index (χ0v) is 13.3. The average Bonchev–Trinajstić information content (AvgIpc) is 2.99. The van der Waals surface area contributed by atoms with Gasteiger partial charge in [-0.25, -0.2) is 9.18 Å². The van der Waals surface area contributed by atoms with Crippen molar-refractivity contribution in [3.05, 3.63) is 77.3 Å². The number of nitrogens with zero attached hydrogens (tertiary/aromatic N) is 2. The summed E-state index contributed by atoms with van der Waals surface area (Å²) in [7, 11) is 0. The van der Waals surface area contributed by atoms with Gasteiger partial charge in [0.2, 0.25) is 0 Å². The van der Waals surface area contributed by atoms with Crippen molar-refractivity contribution in [1.29, 1.82) is 0 Å². The van der Waals surface area contributed by atoms with Crippen LogP contribution in [0.5, 0.6) is 0 Å². The highest BCUT2D eigenvalue weighted by molar-refractivity contribution is 6.30. The molecule has 0 bridgehead atoms. The molecule has 5 nitrogen and oxygen atoms in total. The summed E-state index contributed by atoms with van der Waals surface area (Å²) in [5, 5.41) is 10.2. The van der Waals surface area contributed by atoms with E-state index in [1.54, 1.807) is 53.5 Å². The Morgan fingerprint density at radius 1 is 1.04 bits per heavy atom. The fourth-order valence-electron chi connectivity index (χ4n) is 2.12. The Bertz CT molecular complexity index is 831. The van der Waals surface area contributed by atoms with Crippen molar-refractivity contribution in [2.24, 2.45) is 0 Å². The number of benzene rings is 2. The third-order valence-electron chi connectivity index (χ3n) is 3.25. The predicted molar refractivity (Wildman–Crippen MR) is 91.8 cm³/mol. The fourth-order valence-corrected chi connectivity index (χ4v) is 2.24. The van der Waals surface area contributed by atoms with Crippen LogP contribution in [0.4, 0.5) is 20.6 Å². The molecule has 0 unspecified atom stereocenters. The van der Waals surface area contributed by atoms with E-state index in [9.17, 15) is 9.18 Å². The van der Waals surface area contributed by atoms with Crippen molar-refractivity contribution in [2.45, 2.75) is 6.54 Å². The van der Waals surface area contributed by atoms with Crippen molar-refractivity contribution in [3.8, 4) is 0 Å². The Hall–Kier alpha value is -2.86. The molecular formula is C17H14ClFN4O. The molecule has 122 valence electrons. The van der Waals surface area contributed by atoms with Crippen LogP contribution in [0.3, 0.4) is 0 Å². The highest BCUT2D eigenvalue weighted by atomic mass is 35.5. The van der Waals surface area contributed by atoms with Crippen molar-refractivity contribution >= 4 is 29.0 Å². The zero-order chi connectivity index (χ0) is 16.9. The summed E-state index contributed by atoms with van der Waals surface area (Å²) in [4.78, 5) is 11.9. The molecular weight excluding hydrogens is 331 g/mol. The molecule has 0 aliphatic heterocycles. The molecule has 24 heavy (non-hydrogen) atoms. The van der Waals surface area contributed by atoms with Gasteiger partial charge in [0.1, 0.15) is 5.82 Å². The molecule has 1 aromatic heterocycles. The molecule has 3 rings (SSSR count).